The summed E-state index contributed by atoms with van der Waals surface area (Å²) >= 11 is 6.54. The van der Waals surface area contributed by atoms with Crippen molar-refractivity contribution in [2.75, 3.05) is 5.32 Å². The Labute approximate surface area is 170 Å². The van der Waals surface area contributed by atoms with Crippen LogP contribution in [-0.2, 0) is 4.79 Å². The molecular formula is C25H22ClNO. The van der Waals surface area contributed by atoms with Crippen molar-refractivity contribution in [1.29, 1.82) is 0 Å². The van der Waals surface area contributed by atoms with Crippen LogP contribution in [-0.4, -0.2) is 5.78 Å². The van der Waals surface area contributed by atoms with Gasteiger partial charge in [0, 0.05) is 28.3 Å². The van der Waals surface area contributed by atoms with Gasteiger partial charge in [-0.3, -0.25) is 4.79 Å². The number of anilines is 1. The smallest absolute Gasteiger partial charge is 0.162 e. The first-order chi connectivity index (χ1) is 13.4. The molecule has 1 heterocycles. The molecule has 1 N–H and O–H groups in total. The quantitative estimate of drug-likeness (QED) is 0.497. The normalized spacial score (nSPS) is 20.5. The predicted molar refractivity (Wildman–Crippen MR) is 117 cm³/mol. The lowest BCUT2D eigenvalue weighted by molar-refractivity contribution is -0.118. The molecule has 28 heavy (non-hydrogen) atoms. The van der Waals surface area contributed by atoms with Crippen LogP contribution in [0.1, 0.15) is 43.9 Å². The first-order valence-electron chi connectivity index (χ1n) is 9.74. The van der Waals surface area contributed by atoms with Crippen molar-refractivity contribution in [1.82, 2.24) is 0 Å². The lowest BCUT2D eigenvalue weighted by atomic mass is 9.68. The number of benzene rings is 3. The van der Waals surface area contributed by atoms with E-state index in [2.05, 4.69) is 55.6 Å². The largest absolute Gasteiger partial charge is 0.373 e. The van der Waals surface area contributed by atoms with Gasteiger partial charge in [0.15, 0.2) is 5.78 Å². The molecule has 1 atom stereocenters. The second-order valence-corrected chi connectivity index (χ2v) is 9.05. The minimum Gasteiger partial charge on any atom is -0.373 e. The lowest BCUT2D eigenvalue weighted by Crippen LogP contribution is -2.33. The summed E-state index contributed by atoms with van der Waals surface area (Å²) in [5.41, 5.74) is 5.23. The van der Waals surface area contributed by atoms with E-state index in [0.29, 0.717) is 11.4 Å². The van der Waals surface area contributed by atoms with Crippen LogP contribution >= 0.6 is 11.6 Å². The minimum absolute atomic E-state index is 0.0491. The summed E-state index contributed by atoms with van der Waals surface area (Å²) in [6.07, 6.45) is 1.45. The van der Waals surface area contributed by atoms with Crippen LogP contribution in [0.25, 0.3) is 16.3 Å². The Balaban J connectivity index is 1.83. The maximum Gasteiger partial charge on any atom is 0.162 e. The standard InChI is InChI=1S/C25H22ClNO/c1-25(2)13-18-22-16-8-4-3-7-15(16)11-12-20(22)27-24(23(18)21(28)14-25)17-9-5-6-10-19(17)26/h3-12,24,27H,13-14H2,1-2H3. The van der Waals surface area contributed by atoms with Gasteiger partial charge in [-0.25, -0.2) is 0 Å². The van der Waals surface area contributed by atoms with Gasteiger partial charge < -0.3 is 5.32 Å². The highest BCUT2D eigenvalue weighted by Gasteiger charge is 2.41. The van der Waals surface area contributed by atoms with Crippen LogP contribution in [0.15, 0.2) is 66.2 Å². The van der Waals surface area contributed by atoms with Crippen molar-refractivity contribution in [3.05, 3.63) is 82.4 Å². The number of halogens is 1. The van der Waals surface area contributed by atoms with E-state index >= 15 is 0 Å². The molecule has 0 spiro atoms. The fraction of sp³-hybridized carbons (Fsp3) is 0.240. The van der Waals surface area contributed by atoms with Crippen LogP contribution in [0, 0.1) is 5.41 Å². The molecule has 1 unspecified atom stereocenters. The first-order valence-corrected chi connectivity index (χ1v) is 10.1. The molecule has 0 saturated heterocycles. The van der Waals surface area contributed by atoms with Gasteiger partial charge in [0.2, 0.25) is 0 Å². The van der Waals surface area contributed by atoms with Crippen molar-refractivity contribution < 1.29 is 4.79 Å². The van der Waals surface area contributed by atoms with E-state index in [0.717, 1.165) is 23.2 Å². The average Bonchev–Trinajstić information content (AvgIpc) is 2.66. The highest BCUT2D eigenvalue weighted by molar-refractivity contribution is 6.31. The third kappa shape index (κ3) is 2.67. The van der Waals surface area contributed by atoms with Crippen molar-refractivity contribution in [2.45, 2.75) is 32.7 Å². The zero-order valence-electron chi connectivity index (χ0n) is 16.1. The Morgan fingerprint density at radius 1 is 0.964 bits per heavy atom. The molecule has 0 saturated carbocycles. The Hall–Kier alpha value is -2.58. The van der Waals surface area contributed by atoms with Crippen molar-refractivity contribution >= 4 is 39.4 Å². The molecule has 1 aliphatic heterocycles. The molecule has 3 aromatic rings. The van der Waals surface area contributed by atoms with E-state index in [1.807, 2.05) is 24.3 Å². The van der Waals surface area contributed by atoms with Crippen LogP contribution < -0.4 is 5.32 Å². The van der Waals surface area contributed by atoms with Gasteiger partial charge >= 0.3 is 0 Å². The molecule has 0 aromatic heterocycles. The molecule has 0 amide bonds. The number of allylic oxidation sites excluding steroid dienone is 1. The van der Waals surface area contributed by atoms with Crippen molar-refractivity contribution in [3.63, 3.8) is 0 Å². The Kier molecular flexibility index (Phi) is 3.89. The number of rotatable bonds is 1. The van der Waals surface area contributed by atoms with Gasteiger partial charge in [0.1, 0.15) is 0 Å². The molecule has 0 radical (unpaired) electrons. The molecule has 0 bridgehead atoms. The van der Waals surface area contributed by atoms with Crippen LogP contribution in [0.4, 0.5) is 5.69 Å². The highest BCUT2D eigenvalue weighted by atomic mass is 35.5. The fourth-order valence-corrected chi connectivity index (χ4v) is 5.02. The third-order valence-corrected chi connectivity index (χ3v) is 6.30. The second-order valence-electron chi connectivity index (χ2n) is 8.64. The molecule has 2 nitrogen and oxygen atoms in total. The summed E-state index contributed by atoms with van der Waals surface area (Å²) in [7, 11) is 0. The number of Topliss-reactive ketones (excluding diaryl/α,β-unsaturated/α-hetero) is 1. The van der Waals surface area contributed by atoms with Gasteiger partial charge in [-0.2, -0.15) is 0 Å². The van der Waals surface area contributed by atoms with Gasteiger partial charge in [0.25, 0.3) is 0 Å². The van der Waals surface area contributed by atoms with Gasteiger partial charge in [-0.1, -0.05) is 74.0 Å². The second kappa shape index (κ2) is 6.22. The van der Waals surface area contributed by atoms with Crippen LogP contribution in [0.3, 0.4) is 0 Å². The van der Waals surface area contributed by atoms with E-state index in [9.17, 15) is 4.79 Å². The van der Waals surface area contributed by atoms with Gasteiger partial charge in [-0.15, -0.1) is 0 Å². The number of nitrogens with one attached hydrogen (secondary N) is 1. The number of carbonyl (C=O) groups excluding carboxylic acids is 1. The SMILES string of the molecule is CC1(C)CC(=O)C2=C(C1)c1c(ccc3ccccc13)NC2c1ccccc1Cl. The van der Waals surface area contributed by atoms with Crippen molar-refractivity contribution in [2.24, 2.45) is 5.41 Å². The fourth-order valence-electron chi connectivity index (χ4n) is 4.78. The molecule has 5 rings (SSSR count). The van der Waals surface area contributed by atoms with E-state index < -0.39 is 0 Å². The maximum absolute atomic E-state index is 13.3. The predicted octanol–water partition coefficient (Wildman–Crippen LogP) is 6.80. The Morgan fingerprint density at radius 3 is 2.54 bits per heavy atom. The first kappa shape index (κ1) is 17.5. The number of carbonyl (C=O) groups is 1. The van der Waals surface area contributed by atoms with Gasteiger partial charge in [0.05, 0.1) is 6.04 Å². The monoisotopic (exact) mass is 387 g/mol. The summed E-state index contributed by atoms with van der Waals surface area (Å²) in [6.45, 7) is 4.37. The van der Waals surface area contributed by atoms with E-state index in [-0.39, 0.29) is 17.2 Å². The number of fused-ring (bicyclic) bond motifs is 4. The average molecular weight is 388 g/mol. The molecule has 3 heteroatoms. The third-order valence-electron chi connectivity index (χ3n) is 5.96. The Morgan fingerprint density at radius 2 is 1.71 bits per heavy atom. The summed E-state index contributed by atoms with van der Waals surface area (Å²) in [4.78, 5) is 13.3. The zero-order chi connectivity index (χ0) is 19.5. The van der Waals surface area contributed by atoms with E-state index in [1.165, 1.54) is 21.9 Å². The summed E-state index contributed by atoms with van der Waals surface area (Å²) < 4.78 is 0. The lowest BCUT2D eigenvalue weighted by Gasteiger charge is -2.40. The van der Waals surface area contributed by atoms with E-state index in [1.54, 1.807) is 0 Å². The minimum atomic E-state index is -0.207. The summed E-state index contributed by atoms with van der Waals surface area (Å²) in [5.74, 6) is 0.224. The van der Waals surface area contributed by atoms with Gasteiger partial charge in [-0.05, 0) is 45.9 Å². The number of hydrogen-bond donors (Lipinski definition) is 1. The van der Waals surface area contributed by atoms with Crippen LogP contribution in [0.5, 0.6) is 0 Å². The molecular weight excluding hydrogens is 366 g/mol. The highest BCUT2D eigenvalue weighted by Crippen LogP contribution is 2.52. The molecule has 2 aliphatic rings. The van der Waals surface area contributed by atoms with Crippen molar-refractivity contribution in [3.8, 4) is 0 Å². The molecule has 1 aliphatic carbocycles. The number of hydrogen-bond acceptors (Lipinski definition) is 2. The molecule has 140 valence electrons. The Bertz CT molecular complexity index is 1160. The maximum atomic E-state index is 13.3. The van der Waals surface area contributed by atoms with E-state index in [4.69, 9.17) is 11.6 Å². The molecule has 3 aromatic carbocycles. The summed E-state index contributed by atoms with van der Waals surface area (Å²) in [5, 5.41) is 6.72. The number of ketones is 1. The molecule has 0 fully saturated rings. The van der Waals surface area contributed by atoms with Crippen LogP contribution in [0.2, 0.25) is 5.02 Å². The topological polar surface area (TPSA) is 29.1 Å². The summed E-state index contributed by atoms with van der Waals surface area (Å²) in [6, 6.07) is 20.3. The zero-order valence-corrected chi connectivity index (χ0v) is 16.8.